The number of primary amides is 1. The Balaban J connectivity index is 2.80. The third-order valence-electron chi connectivity index (χ3n) is 3.56. The van der Waals surface area contributed by atoms with Crippen LogP contribution in [0, 0.1) is 12.8 Å². The molecular weight excluding hydrogens is 292 g/mol. The third kappa shape index (κ3) is 3.33. The first kappa shape index (κ1) is 15.2. The molecule has 18 heavy (non-hydrogen) atoms. The molecule has 3 N–H and O–H groups in total. The van der Waals surface area contributed by atoms with E-state index in [2.05, 4.69) is 39.4 Å². The first-order valence-corrected chi connectivity index (χ1v) is 6.86. The van der Waals surface area contributed by atoms with Crippen molar-refractivity contribution in [2.24, 2.45) is 11.7 Å². The molecule has 0 radical (unpaired) electrons. The summed E-state index contributed by atoms with van der Waals surface area (Å²) >= 11 is 3.50. The molecule has 0 aliphatic rings. The standard InChI is InChI=1S/C14H21BrN2O/c1-9(2)14(4,13(16)18)17-8-11-6-5-10(3)12(15)7-11/h5-7,9,17H,8H2,1-4H3,(H2,16,18). The number of rotatable bonds is 5. The summed E-state index contributed by atoms with van der Waals surface area (Å²) in [4.78, 5) is 11.6. The number of amides is 1. The number of nitrogens with two attached hydrogens (primary N) is 1. The van der Waals surface area contributed by atoms with E-state index in [4.69, 9.17) is 5.73 Å². The molecule has 1 aromatic carbocycles. The summed E-state index contributed by atoms with van der Waals surface area (Å²) in [7, 11) is 0. The molecule has 4 heteroatoms. The normalized spacial score (nSPS) is 14.6. The van der Waals surface area contributed by atoms with Gasteiger partial charge in [0, 0.05) is 11.0 Å². The second kappa shape index (κ2) is 5.85. The van der Waals surface area contributed by atoms with Crippen molar-refractivity contribution < 1.29 is 4.79 Å². The van der Waals surface area contributed by atoms with Crippen molar-refractivity contribution in [1.29, 1.82) is 0 Å². The van der Waals surface area contributed by atoms with E-state index in [0.29, 0.717) is 6.54 Å². The Morgan fingerprint density at radius 2 is 2.11 bits per heavy atom. The van der Waals surface area contributed by atoms with Gasteiger partial charge in [-0.1, -0.05) is 41.9 Å². The third-order valence-corrected chi connectivity index (χ3v) is 4.42. The Morgan fingerprint density at radius 1 is 1.50 bits per heavy atom. The Kier molecular flexibility index (Phi) is 4.93. The number of hydrogen-bond donors (Lipinski definition) is 2. The molecule has 0 heterocycles. The maximum atomic E-state index is 11.6. The van der Waals surface area contributed by atoms with Crippen molar-refractivity contribution in [1.82, 2.24) is 5.32 Å². The summed E-state index contributed by atoms with van der Waals surface area (Å²) in [6, 6.07) is 6.16. The van der Waals surface area contributed by atoms with E-state index in [1.54, 1.807) is 0 Å². The van der Waals surface area contributed by atoms with Crippen LogP contribution in [-0.4, -0.2) is 11.4 Å². The van der Waals surface area contributed by atoms with E-state index in [1.807, 2.05) is 27.7 Å². The number of carbonyl (C=O) groups excluding carboxylic acids is 1. The average Bonchev–Trinajstić information content (AvgIpc) is 2.29. The lowest BCUT2D eigenvalue weighted by atomic mass is 9.87. The minimum absolute atomic E-state index is 0.142. The van der Waals surface area contributed by atoms with Crippen molar-refractivity contribution >= 4 is 21.8 Å². The largest absolute Gasteiger partial charge is 0.368 e. The van der Waals surface area contributed by atoms with Gasteiger partial charge in [0.1, 0.15) is 0 Å². The fourth-order valence-electron chi connectivity index (χ4n) is 1.61. The fourth-order valence-corrected chi connectivity index (χ4v) is 2.03. The fraction of sp³-hybridized carbons (Fsp3) is 0.500. The van der Waals surface area contributed by atoms with Crippen LogP contribution in [0.5, 0.6) is 0 Å². The maximum absolute atomic E-state index is 11.6. The SMILES string of the molecule is Cc1ccc(CNC(C)(C(N)=O)C(C)C)cc1Br. The molecule has 0 aliphatic carbocycles. The molecule has 0 saturated heterocycles. The average molecular weight is 313 g/mol. The monoisotopic (exact) mass is 312 g/mol. The molecule has 0 spiro atoms. The van der Waals surface area contributed by atoms with Crippen LogP contribution in [0.25, 0.3) is 0 Å². The predicted molar refractivity (Wildman–Crippen MR) is 78.2 cm³/mol. The van der Waals surface area contributed by atoms with E-state index < -0.39 is 5.54 Å². The summed E-state index contributed by atoms with van der Waals surface area (Å²) in [6.07, 6.45) is 0. The van der Waals surface area contributed by atoms with E-state index in [9.17, 15) is 4.79 Å². The van der Waals surface area contributed by atoms with Gasteiger partial charge in [0.15, 0.2) is 0 Å². The second-order valence-electron chi connectivity index (χ2n) is 5.16. The number of hydrogen-bond acceptors (Lipinski definition) is 2. The Labute approximate surface area is 117 Å². The first-order valence-electron chi connectivity index (χ1n) is 6.07. The highest BCUT2D eigenvalue weighted by Crippen LogP contribution is 2.20. The summed E-state index contributed by atoms with van der Waals surface area (Å²) in [6.45, 7) is 8.49. The van der Waals surface area contributed by atoms with Gasteiger partial charge in [0.25, 0.3) is 0 Å². The second-order valence-corrected chi connectivity index (χ2v) is 6.01. The molecular formula is C14H21BrN2O. The zero-order chi connectivity index (χ0) is 13.9. The quantitative estimate of drug-likeness (QED) is 0.878. The molecule has 0 aliphatic heterocycles. The highest BCUT2D eigenvalue weighted by molar-refractivity contribution is 9.10. The van der Waals surface area contributed by atoms with Crippen LogP contribution in [0.1, 0.15) is 31.9 Å². The maximum Gasteiger partial charge on any atom is 0.237 e. The lowest BCUT2D eigenvalue weighted by Gasteiger charge is -2.31. The van der Waals surface area contributed by atoms with Gasteiger partial charge >= 0.3 is 0 Å². The zero-order valence-electron chi connectivity index (χ0n) is 11.4. The first-order chi connectivity index (χ1) is 8.27. The summed E-state index contributed by atoms with van der Waals surface area (Å²) in [5.41, 5.74) is 7.12. The van der Waals surface area contributed by atoms with Gasteiger partial charge in [-0.2, -0.15) is 0 Å². The lowest BCUT2D eigenvalue weighted by molar-refractivity contribution is -0.125. The predicted octanol–water partition coefficient (Wildman–Crippen LogP) is 2.75. The highest BCUT2D eigenvalue weighted by Gasteiger charge is 2.33. The van der Waals surface area contributed by atoms with Crippen molar-refractivity contribution in [2.45, 2.75) is 39.8 Å². The van der Waals surface area contributed by atoms with Gasteiger partial charge in [-0.25, -0.2) is 0 Å². The molecule has 0 bridgehead atoms. The molecule has 1 amide bonds. The number of halogens is 1. The molecule has 1 unspecified atom stereocenters. The van der Waals surface area contributed by atoms with Gasteiger partial charge < -0.3 is 5.73 Å². The Bertz CT molecular complexity index is 445. The number of benzene rings is 1. The molecule has 100 valence electrons. The molecule has 1 atom stereocenters. The van der Waals surface area contributed by atoms with Gasteiger partial charge in [0.05, 0.1) is 5.54 Å². The smallest absolute Gasteiger partial charge is 0.237 e. The van der Waals surface area contributed by atoms with Crippen LogP contribution in [0.15, 0.2) is 22.7 Å². The minimum atomic E-state index is -0.683. The zero-order valence-corrected chi connectivity index (χ0v) is 13.0. The molecule has 0 fully saturated rings. The summed E-state index contributed by atoms with van der Waals surface area (Å²) in [5, 5.41) is 3.26. The van der Waals surface area contributed by atoms with Gasteiger partial charge in [-0.3, -0.25) is 10.1 Å². The van der Waals surface area contributed by atoms with E-state index in [-0.39, 0.29) is 11.8 Å². The lowest BCUT2D eigenvalue weighted by Crippen LogP contribution is -2.56. The Morgan fingerprint density at radius 3 is 2.56 bits per heavy atom. The molecule has 0 aromatic heterocycles. The highest BCUT2D eigenvalue weighted by atomic mass is 79.9. The van der Waals surface area contributed by atoms with Crippen molar-refractivity contribution in [3.05, 3.63) is 33.8 Å². The molecule has 0 saturated carbocycles. The van der Waals surface area contributed by atoms with Crippen LogP contribution in [0.2, 0.25) is 0 Å². The molecule has 3 nitrogen and oxygen atoms in total. The number of nitrogens with one attached hydrogen (secondary N) is 1. The summed E-state index contributed by atoms with van der Waals surface area (Å²) in [5.74, 6) is -0.174. The van der Waals surface area contributed by atoms with E-state index in [0.717, 1.165) is 10.0 Å². The summed E-state index contributed by atoms with van der Waals surface area (Å²) < 4.78 is 1.08. The van der Waals surface area contributed by atoms with Gasteiger partial charge in [0.2, 0.25) is 5.91 Å². The van der Waals surface area contributed by atoms with Crippen molar-refractivity contribution in [3.8, 4) is 0 Å². The van der Waals surface area contributed by atoms with Crippen molar-refractivity contribution in [3.63, 3.8) is 0 Å². The van der Waals surface area contributed by atoms with Gasteiger partial charge in [-0.05, 0) is 37.0 Å². The van der Waals surface area contributed by atoms with E-state index in [1.165, 1.54) is 5.56 Å². The molecule has 1 aromatic rings. The van der Waals surface area contributed by atoms with Crippen LogP contribution in [0.4, 0.5) is 0 Å². The van der Waals surface area contributed by atoms with Crippen LogP contribution >= 0.6 is 15.9 Å². The number of carbonyl (C=O) groups is 1. The number of aryl methyl sites for hydroxylation is 1. The topological polar surface area (TPSA) is 55.1 Å². The minimum Gasteiger partial charge on any atom is -0.368 e. The van der Waals surface area contributed by atoms with E-state index >= 15 is 0 Å². The van der Waals surface area contributed by atoms with Gasteiger partial charge in [-0.15, -0.1) is 0 Å². The van der Waals surface area contributed by atoms with Crippen molar-refractivity contribution in [2.75, 3.05) is 0 Å². The Hall–Kier alpha value is -0.870. The molecule has 1 rings (SSSR count). The van der Waals surface area contributed by atoms with Crippen LogP contribution < -0.4 is 11.1 Å². The van der Waals surface area contributed by atoms with Crippen LogP contribution in [-0.2, 0) is 11.3 Å². The van der Waals surface area contributed by atoms with Crippen LogP contribution in [0.3, 0.4) is 0 Å².